The molecule has 0 bridgehead atoms. The van der Waals surface area contributed by atoms with E-state index in [-0.39, 0.29) is 40.3 Å². The molecule has 3 saturated heterocycles. The van der Waals surface area contributed by atoms with Crippen LogP contribution in [-0.4, -0.2) is 113 Å². The van der Waals surface area contributed by atoms with Crippen LogP contribution in [0.5, 0.6) is 0 Å². The van der Waals surface area contributed by atoms with Crippen LogP contribution in [0.15, 0.2) is 47.3 Å². The van der Waals surface area contributed by atoms with E-state index in [9.17, 15) is 23.2 Å². The van der Waals surface area contributed by atoms with Crippen LogP contribution in [0.1, 0.15) is 42.9 Å². The van der Waals surface area contributed by atoms with Gasteiger partial charge in [0.15, 0.2) is 5.82 Å². The summed E-state index contributed by atoms with van der Waals surface area (Å²) in [5.41, 5.74) is 0.744. The van der Waals surface area contributed by atoms with Gasteiger partial charge in [0.25, 0.3) is 0 Å². The molecule has 0 radical (unpaired) electrons. The summed E-state index contributed by atoms with van der Waals surface area (Å²) in [5, 5.41) is 13.7. The van der Waals surface area contributed by atoms with Gasteiger partial charge in [0.2, 0.25) is 5.91 Å². The highest BCUT2D eigenvalue weighted by molar-refractivity contribution is 14.1. The number of piperazine rings is 1. The van der Waals surface area contributed by atoms with Crippen LogP contribution >= 0.6 is 34.2 Å². The van der Waals surface area contributed by atoms with Crippen molar-refractivity contribution in [3.8, 4) is 11.4 Å². The van der Waals surface area contributed by atoms with Crippen molar-refractivity contribution in [1.29, 1.82) is 0 Å². The Bertz CT molecular complexity index is 1700. The number of hydrogen-bond donors (Lipinski definition) is 4. The highest BCUT2D eigenvalue weighted by atomic mass is 127. The monoisotopic (exact) mass is 825 g/mol. The van der Waals surface area contributed by atoms with E-state index in [1.54, 1.807) is 15.9 Å². The van der Waals surface area contributed by atoms with Gasteiger partial charge in [-0.25, -0.2) is 14.3 Å². The third-order valence-electron chi connectivity index (χ3n) is 9.97. The number of amides is 3. The summed E-state index contributed by atoms with van der Waals surface area (Å²) in [6, 6.07) is 11.1. The van der Waals surface area contributed by atoms with Gasteiger partial charge in [-0.1, -0.05) is 41.9 Å². The average Bonchev–Trinajstić information content (AvgIpc) is 3.52. The van der Waals surface area contributed by atoms with Gasteiger partial charge in [0.1, 0.15) is 6.04 Å². The highest BCUT2D eigenvalue weighted by Gasteiger charge is 2.36. The van der Waals surface area contributed by atoms with Crippen LogP contribution in [0.4, 0.5) is 19.3 Å². The van der Waals surface area contributed by atoms with Gasteiger partial charge < -0.3 is 25.8 Å². The lowest BCUT2D eigenvalue weighted by molar-refractivity contribution is -0.134. The summed E-state index contributed by atoms with van der Waals surface area (Å²) in [7, 11) is 1.53. The minimum Gasteiger partial charge on any atom is -0.386 e. The average molecular weight is 826 g/mol. The lowest BCUT2D eigenvalue weighted by atomic mass is 9.98. The molecule has 3 aromatic rings. The SMILES string of the molecule is CNc1c(Cl)cc(C[C@@H](NC(=O)N2CCC(n3nc(-c4ccccc4)[nH]c3=O)CC2)C(=O)N2CCC(N3CCNCC3)CC2)cc1C(F)(F)I. The first-order chi connectivity index (χ1) is 24.0. The first kappa shape index (κ1) is 36.5. The Labute approximate surface area is 308 Å². The van der Waals surface area contributed by atoms with Crippen LogP contribution in [0.25, 0.3) is 11.4 Å². The number of alkyl halides is 3. The van der Waals surface area contributed by atoms with E-state index >= 15 is 0 Å². The predicted molar refractivity (Wildman–Crippen MR) is 197 cm³/mol. The number of rotatable bonds is 9. The zero-order chi connectivity index (χ0) is 35.4. The molecular weight excluding hydrogens is 783 g/mol. The van der Waals surface area contributed by atoms with Crippen molar-refractivity contribution in [3.63, 3.8) is 0 Å². The van der Waals surface area contributed by atoms with E-state index in [4.69, 9.17) is 11.6 Å². The Morgan fingerprint density at radius 3 is 2.28 bits per heavy atom. The second kappa shape index (κ2) is 15.9. The molecule has 270 valence electrons. The smallest absolute Gasteiger partial charge is 0.343 e. The van der Waals surface area contributed by atoms with E-state index in [1.165, 1.54) is 17.8 Å². The van der Waals surface area contributed by atoms with E-state index in [1.807, 2.05) is 30.3 Å². The third-order valence-corrected chi connectivity index (χ3v) is 10.9. The van der Waals surface area contributed by atoms with Crippen LogP contribution in [0, 0.1) is 0 Å². The highest BCUT2D eigenvalue weighted by Crippen LogP contribution is 2.43. The lowest BCUT2D eigenvalue weighted by Gasteiger charge is -2.41. The molecule has 0 spiro atoms. The molecule has 3 fully saturated rings. The molecule has 3 aliphatic rings. The molecule has 4 N–H and O–H groups in total. The van der Waals surface area contributed by atoms with E-state index in [2.05, 4.69) is 30.9 Å². The molecule has 0 unspecified atom stereocenters. The molecular formula is C34H43ClF2IN9O3. The van der Waals surface area contributed by atoms with Crippen molar-refractivity contribution < 1.29 is 18.4 Å². The number of likely N-dealkylation sites (tertiary alicyclic amines) is 2. The number of benzene rings is 2. The van der Waals surface area contributed by atoms with Crippen LogP contribution in [0.3, 0.4) is 0 Å². The molecule has 50 heavy (non-hydrogen) atoms. The minimum absolute atomic E-state index is 0.00682. The number of nitrogens with one attached hydrogen (secondary N) is 4. The zero-order valence-corrected chi connectivity index (χ0v) is 30.9. The molecule has 3 aliphatic heterocycles. The van der Waals surface area contributed by atoms with Crippen molar-refractivity contribution in [2.45, 2.75) is 54.2 Å². The van der Waals surface area contributed by atoms with Gasteiger partial charge in [-0.3, -0.25) is 14.7 Å². The van der Waals surface area contributed by atoms with Gasteiger partial charge in [0.05, 0.1) is 22.3 Å². The maximum atomic E-state index is 14.7. The summed E-state index contributed by atoms with van der Waals surface area (Å²) >= 11 is 7.52. The Kier molecular flexibility index (Phi) is 11.6. The fourth-order valence-corrected chi connectivity index (χ4v) is 8.04. The molecule has 12 nitrogen and oxygen atoms in total. The van der Waals surface area contributed by atoms with Gasteiger partial charge in [-0.2, -0.15) is 8.78 Å². The quantitative estimate of drug-likeness (QED) is 0.188. The van der Waals surface area contributed by atoms with Crippen molar-refractivity contribution in [2.24, 2.45) is 0 Å². The number of carbonyl (C=O) groups excluding carboxylic acids is 2. The van der Waals surface area contributed by atoms with Gasteiger partial charge in [-0.05, 0) is 43.4 Å². The first-order valence-corrected chi connectivity index (χ1v) is 18.6. The van der Waals surface area contributed by atoms with Crippen molar-refractivity contribution in [3.05, 3.63) is 69.1 Å². The second-order valence-corrected chi connectivity index (χ2v) is 14.9. The summed E-state index contributed by atoms with van der Waals surface area (Å²) < 4.78 is 27.6. The van der Waals surface area contributed by atoms with E-state index in [0.29, 0.717) is 56.5 Å². The summed E-state index contributed by atoms with van der Waals surface area (Å²) in [4.78, 5) is 49.3. The Morgan fingerprint density at radius 1 is 1.00 bits per heavy atom. The standard InChI is InChI=1S/C34H43ClF2IN9O3/c1-39-29-26(34(36,37)38)19-22(20-27(29)35)21-28(31(48)45-13-7-24(8-14-45)44-17-11-40-12-18-44)41-32(49)46-15-9-25(10-16-46)47-33(50)42-30(43-47)23-5-3-2-4-6-23/h2-6,19-20,24-25,28,39-40H,7-18,21H2,1H3,(H,41,49)(H,42,43,50)/t28-/m1/s1. The maximum absolute atomic E-state index is 14.7. The van der Waals surface area contributed by atoms with Gasteiger partial charge >= 0.3 is 15.7 Å². The van der Waals surface area contributed by atoms with Gasteiger partial charge in [-0.15, -0.1) is 5.10 Å². The normalized spacial score (nSPS) is 19.0. The summed E-state index contributed by atoms with van der Waals surface area (Å²) in [5.74, 6) is 0.237. The topological polar surface area (TPSA) is 131 Å². The Balaban J connectivity index is 1.15. The van der Waals surface area contributed by atoms with Crippen molar-refractivity contribution in [1.82, 2.24) is 40.1 Å². The predicted octanol–water partition coefficient (Wildman–Crippen LogP) is 4.27. The number of aromatic amines is 1. The van der Waals surface area contributed by atoms with E-state index in [0.717, 1.165) is 67.2 Å². The molecule has 6 rings (SSSR count). The number of nitrogens with zero attached hydrogens (tertiary/aromatic N) is 5. The van der Waals surface area contributed by atoms with E-state index < -0.39 is 16.0 Å². The lowest BCUT2D eigenvalue weighted by Crippen LogP contribution is -2.57. The number of hydrogen-bond acceptors (Lipinski definition) is 7. The van der Waals surface area contributed by atoms with Crippen molar-refractivity contribution in [2.75, 3.05) is 64.7 Å². The zero-order valence-electron chi connectivity index (χ0n) is 27.9. The molecule has 0 aliphatic carbocycles. The number of urea groups is 1. The maximum Gasteiger partial charge on any atom is 0.343 e. The molecule has 4 heterocycles. The number of piperidine rings is 2. The number of H-pyrrole nitrogens is 1. The largest absolute Gasteiger partial charge is 0.386 e. The fraction of sp³-hybridized carbons (Fsp3) is 0.529. The van der Waals surface area contributed by atoms with Crippen LogP contribution in [0.2, 0.25) is 5.02 Å². The summed E-state index contributed by atoms with van der Waals surface area (Å²) in [6.07, 6.45) is 2.64. The third kappa shape index (κ3) is 8.43. The number of carbonyl (C=O) groups is 2. The minimum atomic E-state index is -3.22. The van der Waals surface area contributed by atoms with Gasteiger partial charge in [0, 0.05) is 100 Å². The molecule has 16 heteroatoms. The Hall–Kier alpha value is -3.28. The first-order valence-electron chi connectivity index (χ1n) is 17.1. The van der Waals surface area contributed by atoms with Crippen molar-refractivity contribution >= 4 is 51.8 Å². The fourth-order valence-electron chi connectivity index (χ4n) is 7.28. The Morgan fingerprint density at radius 2 is 1.64 bits per heavy atom. The second-order valence-electron chi connectivity index (χ2n) is 13.1. The molecule has 0 saturated carbocycles. The van der Waals surface area contributed by atoms with Crippen LogP contribution in [-0.2, 0) is 15.1 Å². The molecule has 1 aromatic heterocycles. The molecule has 2 aromatic carbocycles. The number of halogens is 4. The molecule has 3 amide bonds. The number of aromatic nitrogens is 3. The number of anilines is 1. The summed E-state index contributed by atoms with van der Waals surface area (Å²) in [6.45, 7) is 5.64. The van der Waals surface area contributed by atoms with Crippen LogP contribution < -0.4 is 21.6 Å². The molecule has 1 atom stereocenters.